The summed E-state index contributed by atoms with van der Waals surface area (Å²) in [6.45, 7) is 12.6. The second-order valence-corrected chi connectivity index (χ2v) is 8.16. The van der Waals surface area contributed by atoms with Crippen molar-refractivity contribution in [2.24, 2.45) is 0 Å². The van der Waals surface area contributed by atoms with Gasteiger partial charge in [0.25, 0.3) is 0 Å². The summed E-state index contributed by atoms with van der Waals surface area (Å²) in [5.74, 6) is 0.965. The molecule has 0 saturated heterocycles. The molecule has 30 heavy (non-hydrogen) atoms. The molecule has 3 aromatic rings. The summed E-state index contributed by atoms with van der Waals surface area (Å²) in [4.78, 5) is 14.8. The molecule has 0 fully saturated rings. The first-order valence-corrected chi connectivity index (χ1v) is 11.0. The van der Waals surface area contributed by atoms with Crippen molar-refractivity contribution < 1.29 is 9.32 Å². The molecule has 1 atom stereocenters. The molecule has 0 aliphatic rings. The van der Waals surface area contributed by atoms with Gasteiger partial charge >= 0.3 is 0 Å². The lowest BCUT2D eigenvalue weighted by Crippen LogP contribution is -2.22. The number of amides is 1. The van der Waals surface area contributed by atoms with Gasteiger partial charge in [-0.15, -0.1) is 10.2 Å². The van der Waals surface area contributed by atoms with E-state index >= 15 is 0 Å². The van der Waals surface area contributed by atoms with Crippen molar-refractivity contribution in [2.75, 3.05) is 23.3 Å². The van der Waals surface area contributed by atoms with E-state index in [1.807, 2.05) is 18.4 Å². The number of anilines is 2. The lowest BCUT2D eigenvalue weighted by Gasteiger charge is -2.21. The van der Waals surface area contributed by atoms with Gasteiger partial charge in [0.05, 0.1) is 10.9 Å². The van der Waals surface area contributed by atoms with Gasteiger partial charge in [-0.3, -0.25) is 10.1 Å². The van der Waals surface area contributed by atoms with Gasteiger partial charge in [-0.1, -0.05) is 16.9 Å². The third-order valence-corrected chi connectivity index (χ3v) is 5.89. The highest BCUT2D eigenvalue weighted by Gasteiger charge is 2.21. The van der Waals surface area contributed by atoms with Crippen LogP contribution in [0.4, 0.5) is 11.6 Å². The minimum Gasteiger partial charge on any atom is -0.372 e. The van der Waals surface area contributed by atoms with Crippen molar-refractivity contribution >= 4 is 29.2 Å². The first-order valence-electron chi connectivity index (χ1n) is 10.2. The predicted molar refractivity (Wildman–Crippen MR) is 120 cm³/mol. The average molecular weight is 429 g/mol. The second-order valence-electron chi connectivity index (χ2n) is 6.85. The minimum atomic E-state index is -0.372. The molecular weight excluding hydrogens is 400 g/mol. The van der Waals surface area contributed by atoms with Gasteiger partial charge in [0.2, 0.25) is 11.8 Å². The highest BCUT2D eigenvalue weighted by Crippen LogP contribution is 2.28. The highest BCUT2D eigenvalue weighted by molar-refractivity contribution is 8.00. The van der Waals surface area contributed by atoms with Crippen LogP contribution in [0.25, 0.3) is 11.4 Å². The Hall–Kier alpha value is -2.81. The molecule has 1 amide bonds. The minimum absolute atomic E-state index is 0.174. The quantitative estimate of drug-likeness (QED) is 0.510. The van der Waals surface area contributed by atoms with Crippen molar-refractivity contribution in [2.45, 2.75) is 51.6 Å². The monoisotopic (exact) mass is 428 g/mol. The number of nitrogens with zero attached hydrogens (tertiary/aromatic N) is 5. The second kappa shape index (κ2) is 9.80. The summed E-state index contributed by atoms with van der Waals surface area (Å²) < 4.78 is 7.08. The summed E-state index contributed by atoms with van der Waals surface area (Å²) >= 11 is 1.37. The Morgan fingerprint density at radius 3 is 2.47 bits per heavy atom. The molecule has 0 aliphatic carbocycles. The Kier molecular flexibility index (Phi) is 7.15. The van der Waals surface area contributed by atoms with Gasteiger partial charge in [-0.05, 0) is 58.9 Å². The van der Waals surface area contributed by atoms with Gasteiger partial charge < -0.3 is 14.0 Å². The third-order valence-electron chi connectivity index (χ3n) is 4.81. The molecule has 0 spiro atoms. The summed E-state index contributed by atoms with van der Waals surface area (Å²) in [5, 5.41) is 15.6. The smallest absolute Gasteiger partial charge is 0.240 e. The lowest BCUT2D eigenvalue weighted by molar-refractivity contribution is -0.115. The number of carbonyl (C=O) groups excluding carboxylic acids is 1. The molecule has 3 rings (SSSR count). The van der Waals surface area contributed by atoms with Crippen LogP contribution in [0.1, 0.15) is 33.4 Å². The number of carbonyl (C=O) groups is 1. The van der Waals surface area contributed by atoms with Gasteiger partial charge in [0.15, 0.2) is 11.0 Å². The third kappa shape index (κ3) is 4.84. The maximum atomic E-state index is 12.5. The Labute approximate surface area is 181 Å². The number of aryl methyl sites for hydroxylation is 1. The van der Waals surface area contributed by atoms with Crippen LogP contribution in [0, 0.1) is 6.92 Å². The number of aromatic nitrogens is 4. The number of hydrogen-bond acceptors (Lipinski definition) is 7. The molecule has 0 saturated carbocycles. The van der Waals surface area contributed by atoms with E-state index in [4.69, 9.17) is 4.52 Å². The zero-order valence-electron chi connectivity index (χ0n) is 18.0. The number of nitrogens with one attached hydrogen (secondary N) is 1. The fraction of sp³-hybridized carbons (Fsp3) is 0.429. The highest BCUT2D eigenvalue weighted by atomic mass is 32.2. The van der Waals surface area contributed by atoms with Crippen LogP contribution in [0.5, 0.6) is 0 Å². The average Bonchev–Trinajstić information content (AvgIpc) is 3.34. The van der Waals surface area contributed by atoms with Crippen LogP contribution in [0.3, 0.4) is 0 Å². The van der Waals surface area contributed by atoms with E-state index in [1.54, 1.807) is 13.0 Å². The van der Waals surface area contributed by atoms with Crippen LogP contribution >= 0.6 is 11.8 Å². The van der Waals surface area contributed by atoms with E-state index in [2.05, 4.69) is 63.7 Å². The fourth-order valence-electron chi connectivity index (χ4n) is 3.14. The molecule has 2 heterocycles. The van der Waals surface area contributed by atoms with Crippen molar-refractivity contribution in [3.8, 4) is 11.4 Å². The van der Waals surface area contributed by atoms with E-state index in [1.165, 1.54) is 17.4 Å². The Bertz CT molecular complexity index is 978. The zero-order valence-corrected chi connectivity index (χ0v) is 18.9. The van der Waals surface area contributed by atoms with Crippen LogP contribution < -0.4 is 10.2 Å². The molecule has 9 heteroatoms. The van der Waals surface area contributed by atoms with Crippen LogP contribution in [0.2, 0.25) is 0 Å². The Balaban J connectivity index is 1.74. The summed E-state index contributed by atoms with van der Waals surface area (Å²) in [7, 11) is 0. The lowest BCUT2D eigenvalue weighted by atomic mass is 10.2. The number of thioether (sulfide) groups is 1. The topological polar surface area (TPSA) is 89.1 Å². The van der Waals surface area contributed by atoms with Crippen molar-refractivity contribution in [3.63, 3.8) is 0 Å². The standard InChI is InChI=1S/C21H28N6O2S/c1-6-26(7-2)17-11-9-16(10-12-17)19-23-24-21(27(19)8-3)30-15(5)20(28)22-18-13-14(4)25-29-18/h9-13,15H,6-8H2,1-5H3,(H,22,28). The first-order chi connectivity index (χ1) is 14.5. The van der Waals surface area contributed by atoms with E-state index in [0.29, 0.717) is 23.3 Å². The van der Waals surface area contributed by atoms with Gasteiger partial charge in [-0.25, -0.2) is 0 Å². The fourth-order valence-corrected chi connectivity index (χ4v) is 4.05. The molecule has 1 unspecified atom stereocenters. The summed E-state index contributed by atoms with van der Waals surface area (Å²) in [6.07, 6.45) is 0. The van der Waals surface area contributed by atoms with Gasteiger partial charge in [-0.2, -0.15) is 0 Å². The first kappa shape index (κ1) is 21.9. The number of benzene rings is 1. The van der Waals surface area contributed by atoms with Gasteiger partial charge in [0.1, 0.15) is 0 Å². The summed E-state index contributed by atoms with van der Waals surface area (Å²) in [6, 6.07) is 10.0. The van der Waals surface area contributed by atoms with Crippen LogP contribution in [-0.4, -0.2) is 44.2 Å². The molecule has 0 bridgehead atoms. The van der Waals surface area contributed by atoms with Crippen molar-refractivity contribution in [1.82, 2.24) is 19.9 Å². The Morgan fingerprint density at radius 2 is 1.90 bits per heavy atom. The predicted octanol–water partition coefficient (Wildman–Crippen LogP) is 4.23. The largest absolute Gasteiger partial charge is 0.372 e. The van der Waals surface area contributed by atoms with Crippen molar-refractivity contribution in [1.29, 1.82) is 0 Å². The molecule has 160 valence electrons. The SMILES string of the molecule is CCN(CC)c1ccc(-c2nnc(SC(C)C(=O)Nc3cc(C)no3)n2CC)cc1. The van der Waals surface area contributed by atoms with E-state index in [9.17, 15) is 4.79 Å². The maximum Gasteiger partial charge on any atom is 0.240 e. The molecule has 1 N–H and O–H groups in total. The number of rotatable bonds is 9. The van der Waals surface area contributed by atoms with Gasteiger partial charge in [0, 0.05) is 37.0 Å². The van der Waals surface area contributed by atoms with E-state index in [-0.39, 0.29) is 11.2 Å². The zero-order chi connectivity index (χ0) is 21.7. The normalized spacial score (nSPS) is 12.0. The van der Waals surface area contributed by atoms with Crippen molar-refractivity contribution in [3.05, 3.63) is 36.0 Å². The molecular formula is C21H28N6O2S. The van der Waals surface area contributed by atoms with Crippen LogP contribution in [-0.2, 0) is 11.3 Å². The summed E-state index contributed by atoms with van der Waals surface area (Å²) in [5.41, 5.74) is 2.91. The molecule has 0 aliphatic heterocycles. The Morgan fingerprint density at radius 1 is 1.20 bits per heavy atom. The van der Waals surface area contributed by atoms with Crippen LogP contribution in [0.15, 0.2) is 40.0 Å². The maximum absolute atomic E-state index is 12.5. The van der Waals surface area contributed by atoms with E-state index in [0.717, 1.165) is 24.5 Å². The molecule has 2 aromatic heterocycles. The molecule has 1 aromatic carbocycles. The number of hydrogen-bond donors (Lipinski definition) is 1. The van der Waals surface area contributed by atoms with E-state index < -0.39 is 0 Å². The molecule has 0 radical (unpaired) electrons. The molecule has 8 nitrogen and oxygen atoms in total.